The van der Waals surface area contributed by atoms with Crippen LogP contribution in [0.1, 0.15) is 27.2 Å². The Labute approximate surface area is 209 Å². The lowest BCUT2D eigenvalue weighted by Crippen LogP contribution is -2.39. The molecule has 2 atom stereocenters. The van der Waals surface area contributed by atoms with Crippen LogP contribution in [0, 0.1) is 11.8 Å². The number of halogens is 1. The molecule has 0 saturated carbocycles. The molecule has 1 amide bonds. The number of rotatable bonds is 7. The Morgan fingerprint density at radius 1 is 1.23 bits per heavy atom. The third kappa shape index (κ3) is 5.67. The maximum absolute atomic E-state index is 12.7. The molecule has 9 nitrogen and oxygen atoms in total. The second-order valence-corrected chi connectivity index (χ2v) is 9.64. The molecule has 2 N–H and O–H groups in total. The average Bonchev–Trinajstić information content (AvgIpc) is 2.81. The lowest BCUT2D eigenvalue weighted by atomic mass is 9.92. The first kappa shape index (κ1) is 24.8. The van der Waals surface area contributed by atoms with Crippen LogP contribution in [-0.4, -0.2) is 46.7 Å². The van der Waals surface area contributed by atoms with Crippen molar-refractivity contribution in [3.63, 3.8) is 0 Å². The number of carbonyl (C=O) groups is 1. The fourth-order valence-corrected chi connectivity index (χ4v) is 4.72. The molecule has 186 valence electrons. The van der Waals surface area contributed by atoms with Crippen LogP contribution in [0.3, 0.4) is 0 Å². The SMILES string of the molecule is CCNC(=O)COc1cc2cc(Nc3nc(N4C[C@H](C)C[C@H](C)C4)ncc3Cl)ccc2n(C)c1=O. The van der Waals surface area contributed by atoms with Gasteiger partial charge in [0.05, 0.1) is 11.7 Å². The van der Waals surface area contributed by atoms with Crippen molar-refractivity contribution in [2.24, 2.45) is 18.9 Å². The molecule has 0 radical (unpaired) electrons. The van der Waals surface area contributed by atoms with E-state index in [-0.39, 0.29) is 23.8 Å². The Morgan fingerprint density at radius 2 is 1.97 bits per heavy atom. The van der Waals surface area contributed by atoms with E-state index in [0.717, 1.165) is 29.7 Å². The molecule has 1 aliphatic rings. The molecule has 0 spiro atoms. The molecule has 0 bridgehead atoms. The van der Waals surface area contributed by atoms with Crippen molar-refractivity contribution in [1.82, 2.24) is 19.9 Å². The van der Waals surface area contributed by atoms with Crippen LogP contribution in [0.2, 0.25) is 5.02 Å². The van der Waals surface area contributed by atoms with Gasteiger partial charge in [-0.3, -0.25) is 9.59 Å². The zero-order valence-electron chi connectivity index (χ0n) is 20.5. The second kappa shape index (κ2) is 10.5. The van der Waals surface area contributed by atoms with Crippen LogP contribution in [0.5, 0.6) is 5.75 Å². The van der Waals surface area contributed by atoms with Crippen LogP contribution >= 0.6 is 11.6 Å². The smallest absolute Gasteiger partial charge is 0.293 e. The molecule has 3 aromatic rings. The fourth-order valence-electron chi connectivity index (χ4n) is 4.59. The molecule has 1 saturated heterocycles. The van der Waals surface area contributed by atoms with Crippen molar-refractivity contribution in [3.05, 3.63) is 45.8 Å². The highest BCUT2D eigenvalue weighted by molar-refractivity contribution is 6.32. The minimum absolute atomic E-state index is 0.110. The fraction of sp³-hybridized carbons (Fsp3) is 0.440. The maximum Gasteiger partial charge on any atom is 0.293 e. The average molecular weight is 499 g/mol. The predicted octanol–water partition coefficient (Wildman–Crippen LogP) is 3.72. The summed E-state index contributed by atoms with van der Waals surface area (Å²) in [5, 5.41) is 7.12. The van der Waals surface area contributed by atoms with Crippen LogP contribution in [0.4, 0.5) is 17.5 Å². The number of nitrogens with zero attached hydrogens (tertiary/aromatic N) is 4. The Bertz CT molecular complexity index is 1280. The summed E-state index contributed by atoms with van der Waals surface area (Å²) in [4.78, 5) is 35.8. The van der Waals surface area contributed by atoms with E-state index >= 15 is 0 Å². The van der Waals surface area contributed by atoms with Gasteiger partial charge in [0.1, 0.15) is 5.02 Å². The van der Waals surface area contributed by atoms with E-state index in [1.807, 2.05) is 25.1 Å². The van der Waals surface area contributed by atoms with Gasteiger partial charge in [-0.25, -0.2) is 4.98 Å². The van der Waals surface area contributed by atoms with Crippen molar-refractivity contribution in [2.75, 3.05) is 36.5 Å². The summed E-state index contributed by atoms with van der Waals surface area (Å²) in [6.07, 6.45) is 2.82. The number of ether oxygens (including phenoxy) is 1. The van der Waals surface area contributed by atoms with Crippen LogP contribution in [-0.2, 0) is 11.8 Å². The van der Waals surface area contributed by atoms with E-state index < -0.39 is 0 Å². The van der Waals surface area contributed by atoms with Gasteiger partial charge in [-0.15, -0.1) is 0 Å². The lowest BCUT2D eigenvalue weighted by molar-refractivity contribution is -0.123. The van der Waals surface area contributed by atoms with Crippen molar-refractivity contribution in [2.45, 2.75) is 27.2 Å². The van der Waals surface area contributed by atoms with Crippen LogP contribution < -0.4 is 25.8 Å². The van der Waals surface area contributed by atoms with E-state index in [1.165, 1.54) is 11.0 Å². The van der Waals surface area contributed by atoms with Gasteiger partial charge >= 0.3 is 0 Å². The van der Waals surface area contributed by atoms with Gasteiger partial charge in [0, 0.05) is 37.8 Å². The molecule has 3 heterocycles. The molecule has 1 aromatic carbocycles. The number of benzene rings is 1. The number of piperidine rings is 1. The van der Waals surface area contributed by atoms with Crippen molar-refractivity contribution < 1.29 is 9.53 Å². The zero-order valence-corrected chi connectivity index (χ0v) is 21.2. The summed E-state index contributed by atoms with van der Waals surface area (Å²) in [6, 6.07) is 7.24. The van der Waals surface area contributed by atoms with Crippen LogP contribution in [0.15, 0.2) is 35.3 Å². The number of aryl methyl sites for hydroxylation is 1. The first-order chi connectivity index (χ1) is 16.7. The molecule has 4 rings (SSSR count). The molecular formula is C25H31ClN6O3. The van der Waals surface area contributed by atoms with E-state index in [4.69, 9.17) is 21.3 Å². The van der Waals surface area contributed by atoms with Gasteiger partial charge < -0.3 is 24.8 Å². The highest BCUT2D eigenvalue weighted by atomic mass is 35.5. The molecular weight excluding hydrogens is 468 g/mol. The summed E-state index contributed by atoms with van der Waals surface area (Å²) in [7, 11) is 1.67. The third-order valence-electron chi connectivity index (χ3n) is 6.07. The number of fused-ring (bicyclic) bond motifs is 1. The van der Waals surface area contributed by atoms with E-state index in [2.05, 4.69) is 34.4 Å². The minimum Gasteiger partial charge on any atom is -0.478 e. The number of aromatic nitrogens is 3. The highest BCUT2D eigenvalue weighted by Gasteiger charge is 2.24. The van der Waals surface area contributed by atoms with Crippen molar-refractivity contribution in [3.8, 4) is 5.75 Å². The standard InChI is InChI=1S/C25H31ClN6O3/c1-5-27-22(33)14-35-21-10-17-9-18(6-7-20(17)31(4)24(21)34)29-23-19(26)11-28-25(30-23)32-12-15(2)8-16(3)13-32/h6-7,9-11,15-16H,5,8,12-14H2,1-4H3,(H,27,33)(H,28,29,30)/t15-,16+. The normalized spacial score (nSPS) is 17.9. The topological polar surface area (TPSA) is 101 Å². The summed E-state index contributed by atoms with van der Waals surface area (Å²) in [6.45, 7) is 8.41. The van der Waals surface area contributed by atoms with Crippen molar-refractivity contribution >= 4 is 45.9 Å². The molecule has 0 unspecified atom stereocenters. The first-order valence-electron chi connectivity index (χ1n) is 11.8. The quantitative estimate of drug-likeness (QED) is 0.512. The Balaban J connectivity index is 1.60. The van der Waals surface area contributed by atoms with Gasteiger partial charge in [-0.1, -0.05) is 25.4 Å². The maximum atomic E-state index is 12.7. The summed E-state index contributed by atoms with van der Waals surface area (Å²) in [5.74, 6) is 2.15. The number of amides is 1. The second-order valence-electron chi connectivity index (χ2n) is 9.23. The number of nitrogens with one attached hydrogen (secondary N) is 2. The minimum atomic E-state index is -0.309. The Morgan fingerprint density at radius 3 is 2.69 bits per heavy atom. The molecule has 1 fully saturated rings. The number of anilines is 3. The van der Waals surface area contributed by atoms with E-state index in [1.54, 1.807) is 19.3 Å². The largest absolute Gasteiger partial charge is 0.478 e. The third-order valence-corrected chi connectivity index (χ3v) is 6.35. The summed E-state index contributed by atoms with van der Waals surface area (Å²) < 4.78 is 7.01. The molecule has 1 aliphatic heterocycles. The highest BCUT2D eigenvalue weighted by Crippen LogP contribution is 2.29. The molecule has 10 heteroatoms. The molecule has 0 aliphatic carbocycles. The van der Waals surface area contributed by atoms with E-state index in [0.29, 0.717) is 35.2 Å². The summed E-state index contributed by atoms with van der Waals surface area (Å²) in [5.41, 5.74) is 1.17. The number of likely N-dealkylation sites (N-methyl/N-ethyl adjacent to an activating group) is 1. The predicted molar refractivity (Wildman–Crippen MR) is 139 cm³/mol. The number of carbonyl (C=O) groups excluding carboxylic acids is 1. The van der Waals surface area contributed by atoms with Gasteiger partial charge in [0.15, 0.2) is 18.2 Å². The monoisotopic (exact) mass is 498 g/mol. The number of hydrogen-bond acceptors (Lipinski definition) is 7. The van der Waals surface area contributed by atoms with Gasteiger partial charge in [-0.05, 0) is 49.4 Å². The first-order valence-corrected chi connectivity index (χ1v) is 12.2. The van der Waals surface area contributed by atoms with Crippen molar-refractivity contribution in [1.29, 1.82) is 0 Å². The van der Waals surface area contributed by atoms with Gasteiger partial charge in [0.2, 0.25) is 5.95 Å². The summed E-state index contributed by atoms with van der Waals surface area (Å²) >= 11 is 6.42. The lowest BCUT2D eigenvalue weighted by Gasteiger charge is -2.35. The Hall–Kier alpha value is -3.33. The van der Waals surface area contributed by atoms with Crippen LogP contribution in [0.25, 0.3) is 10.9 Å². The van der Waals surface area contributed by atoms with Gasteiger partial charge in [0.25, 0.3) is 11.5 Å². The van der Waals surface area contributed by atoms with E-state index in [9.17, 15) is 9.59 Å². The molecule has 2 aromatic heterocycles. The van der Waals surface area contributed by atoms with Gasteiger partial charge in [-0.2, -0.15) is 4.98 Å². The number of pyridine rings is 1. The number of hydrogen-bond donors (Lipinski definition) is 2. The Kier molecular flexibility index (Phi) is 7.45. The zero-order chi connectivity index (χ0) is 25.1. The molecule has 35 heavy (non-hydrogen) atoms.